The first-order valence-corrected chi connectivity index (χ1v) is 8.89. The number of aryl methyl sites for hydroxylation is 2. The molecule has 2 aromatic heterocycles. The van der Waals surface area contributed by atoms with E-state index in [0.29, 0.717) is 0 Å². The van der Waals surface area contributed by atoms with E-state index >= 15 is 0 Å². The Kier molecular flexibility index (Phi) is 4.60. The van der Waals surface area contributed by atoms with Crippen molar-refractivity contribution in [1.82, 2.24) is 10.1 Å². The van der Waals surface area contributed by atoms with Crippen LogP contribution >= 0.6 is 0 Å². The molecule has 7 nitrogen and oxygen atoms in total. The number of benzene rings is 1. The van der Waals surface area contributed by atoms with Gasteiger partial charge in [0.05, 0.1) is 11.9 Å². The molecule has 0 saturated carbocycles. The number of rotatable bonds is 5. The molecule has 0 radical (unpaired) electrons. The Hall–Kier alpha value is -3.01. The van der Waals surface area contributed by atoms with Gasteiger partial charge in [-0.1, -0.05) is 11.2 Å². The van der Waals surface area contributed by atoms with E-state index in [9.17, 15) is 17.2 Å². The van der Waals surface area contributed by atoms with E-state index in [1.807, 2.05) is 0 Å². The van der Waals surface area contributed by atoms with Crippen LogP contribution < -0.4 is 10.0 Å². The van der Waals surface area contributed by atoms with Crippen molar-refractivity contribution < 1.29 is 21.7 Å². The van der Waals surface area contributed by atoms with Gasteiger partial charge in [0.1, 0.15) is 28.8 Å². The lowest BCUT2D eigenvalue weighted by molar-refractivity contribution is 0.390. The van der Waals surface area contributed by atoms with Gasteiger partial charge in [0.2, 0.25) is 0 Å². The number of nitrogens with one attached hydrogen (secondary N) is 2. The van der Waals surface area contributed by atoms with Crippen molar-refractivity contribution in [1.29, 1.82) is 0 Å². The van der Waals surface area contributed by atoms with Gasteiger partial charge < -0.3 is 9.84 Å². The van der Waals surface area contributed by atoms with Gasteiger partial charge in [0.15, 0.2) is 10.7 Å². The van der Waals surface area contributed by atoms with Crippen LogP contribution in [0.2, 0.25) is 0 Å². The fourth-order valence-corrected chi connectivity index (χ4v) is 3.68. The number of aromatic nitrogens is 2. The van der Waals surface area contributed by atoms with Crippen LogP contribution in [0.4, 0.5) is 26.0 Å². The normalized spacial score (nSPS) is 11.4. The third-order valence-corrected chi connectivity index (χ3v) is 5.07. The van der Waals surface area contributed by atoms with Crippen molar-refractivity contribution in [2.24, 2.45) is 0 Å². The van der Waals surface area contributed by atoms with Crippen LogP contribution in [0.5, 0.6) is 0 Å². The number of pyridine rings is 1. The molecular weight excluding hydrogens is 366 g/mol. The van der Waals surface area contributed by atoms with Gasteiger partial charge in [-0.05, 0) is 38.1 Å². The standard InChI is InChI=1S/C16H14F2N4O3S/c1-9-16(10(2)25-21-9)26(23,24)22-14-7-6-11(8-19-14)20-15-12(17)4-3-5-13(15)18/h3-8,20H,1-2H3,(H,19,22). The summed E-state index contributed by atoms with van der Waals surface area (Å²) >= 11 is 0. The molecule has 10 heteroatoms. The van der Waals surface area contributed by atoms with E-state index in [-0.39, 0.29) is 33.5 Å². The monoisotopic (exact) mass is 380 g/mol. The van der Waals surface area contributed by atoms with Crippen molar-refractivity contribution in [3.8, 4) is 0 Å². The molecule has 2 heterocycles. The van der Waals surface area contributed by atoms with Gasteiger partial charge in [-0.2, -0.15) is 0 Å². The Morgan fingerprint density at radius 1 is 1.08 bits per heavy atom. The number of hydrogen-bond donors (Lipinski definition) is 2. The summed E-state index contributed by atoms with van der Waals surface area (Å²) in [6, 6.07) is 6.28. The summed E-state index contributed by atoms with van der Waals surface area (Å²) in [5, 5.41) is 6.17. The topological polar surface area (TPSA) is 97.1 Å². The van der Waals surface area contributed by atoms with Gasteiger partial charge in [-0.3, -0.25) is 4.72 Å². The van der Waals surface area contributed by atoms with Crippen molar-refractivity contribution in [2.75, 3.05) is 10.0 Å². The maximum absolute atomic E-state index is 13.6. The maximum atomic E-state index is 13.6. The Morgan fingerprint density at radius 2 is 1.77 bits per heavy atom. The van der Waals surface area contributed by atoms with Crippen molar-refractivity contribution in [2.45, 2.75) is 18.7 Å². The fourth-order valence-electron chi connectivity index (χ4n) is 2.34. The fraction of sp³-hybridized carbons (Fsp3) is 0.125. The van der Waals surface area contributed by atoms with Crippen molar-refractivity contribution >= 4 is 27.2 Å². The number of hydrogen-bond acceptors (Lipinski definition) is 6. The SMILES string of the molecule is Cc1noc(C)c1S(=O)(=O)Nc1ccc(Nc2c(F)cccc2F)cn1. The molecule has 0 aliphatic carbocycles. The molecule has 0 atom stereocenters. The average Bonchev–Trinajstić information content (AvgIpc) is 2.92. The second-order valence-electron chi connectivity index (χ2n) is 5.41. The molecule has 0 saturated heterocycles. The quantitative estimate of drug-likeness (QED) is 0.703. The van der Waals surface area contributed by atoms with E-state index in [2.05, 4.69) is 20.2 Å². The number of anilines is 3. The summed E-state index contributed by atoms with van der Waals surface area (Å²) in [6.45, 7) is 2.99. The summed E-state index contributed by atoms with van der Waals surface area (Å²) in [4.78, 5) is 3.88. The van der Waals surface area contributed by atoms with Crippen LogP contribution in [0.15, 0.2) is 45.9 Å². The van der Waals surface area contributed by atoms with Crippen LogP contribution in [0.1, 0.15) is 11.5 Å². The number of nitrogens with zero attached hydrogens (tertiary/aromatic N) is 2. The second-order valence-corrected chi connectivity index (χ2v) is 7.03. The summed E-state index contributed by atoms with van der Waals surface area (Å²) in [5.74, 6) is -1.32. The third-order valence-electron chi connectivity index (χ3n) is 3.47. The van der Waals surface area contributed by atoms with Crippen molar-refractivity contribution in [3.63, 3.8) is 0 Å². The minimum absolute atomic E-state index is 0.0320. The Balaban J connectivity index is 1.80. The molecule has 1 aromatic carbocycles. The molecule has 0 amide bonds. The van der Waals surface area contributed by atoms with E-state index in [4.69, 9.17) is 4.52 Å². The van der Waals surface area contributed by atoms with Gasteiger partial charge in [0, 0.05) is 0 Å². The Morgan fingerprint density at radius 3 is 2.31 bits per heavy atom. The summed E-state index contributed by atoms with van der Waals surface area (Å²) < 4.78 is 59.2. The third kappa shape index (κ3) is 3.49. The van der Waals surface area contributed by atoms with E-state index in [1.54, 1.807) is 0 Å². The number of halogens is 2. The minimum Gasteiger partial charge on any atom is -0.360 e. The highest BCUT2D eigenvalue weighted by molar-refractivity contribution is 7.92. The first-order valence-electron chi connectivity index (χ1n) is 7.41. The lowest BCUT2D eigenvalue weighted by Crippen LogP contribution is -2.15. The molecule has 26 heavy (non-hydrogen) atoms. The van der Waals surface area contributed by atoms with Crippen LogP contribution in [0.3, 0.4) is 0 Å². The smallest absolute Gasteiger partial charge is 0.268 e. The summed E-state index contributed by atoms with van der Waals surface area (Å²) in [6.07, 6.45) is 1.25. The Labute approximate surface area is 148 Å². The lowest BCUT2D eigenvalue weighted by atomic mass is 10.2. The number of para-hydroxylation sites is 1. The average molecular weight is 380 g/mol. The highest BCUT2D eigenvalue weighted by atomic mass is 32.2. The van der Waals surface area contributed by atoms with E-state index < -0.39 is 21.7 Å². The zero-order valence-corrected chi connectivity index (χ0v) is 14.6. The lowest BCUT2D eigenvalue weighted by Gasteiger charge is -2.10. The Bertz CT molecular complexity index is 1010. The first kappa shape index (κ1) is 17.8. The molecule has 0 aliphatic heterocycles. The molecular formula is C16H14F2N4O3S. The molecule has 0 unspecified atom stereocenters. The second kappa shape index (κ2) is 6.71. The zero-order chi connectivity index (χ0) is 18.9. The van der Waals surface area contributed by atoms with Crippen LogP contribution in [-0.2, 0) is 10.0 Å². The van der Waals surface area contributed by atoms with Gasteiger partial charge >= 0.3 is 0 Å². The predicted molar refractivity (Wildman–Crippen MR) is 90.7 cm³/mol. The molecule has 3 rings (SSSR count). The maximum Gasteiger partial charge on any atom is 0.268 e. The molecule has 0 spiro atoms. The summed E-state index contributed by atoms with van der Waals surface area (Å²) in [5.41, 5.74) is 0.191. The molecule has 0 aliphatic rings. The molecule has 0 bridgehead atoms. The van der Waals surface area contributed by atoms with Crippen molar-refractivity contribution in [3.05, 3.63) is 59.6 Å². The molecule has 0 fully saturated rings. The molecule has 136 valence electrons. The zero-order valence-electron chi connectivity index (χ0n) is 13.7. The van der Waals surface area contributed by atoms with Gasteiger partial charge in [-0.25, -0.2) is 22.2 Å². The van der Waals surface area contributed by atoms with E-state index in [1.165, 1.54) is 38.2 Å². The number of sulfonamides is 1. The predicted octanol–water partition coefficient (Wildman–Crippen LogP) is 3.51. The van der Waals surface area contributed by atoms with Crippen LogP contribution in [0.25, 0.3) is 0 Å². The largest absolute Gasteiger partial charge is 0.360 e. The summed E-state index contributed by atoms with van der Waals surface area (Å²) in [7, 11) is -3.93. The van der Waals surface area contributed by atoms with Gasteiger partial charge in [0.25, 0.3) is 10.0 Å². The van der Waals surface area contributed by atoms with Gasteiger partial charge in [-0.15, -0.1) is 0 Å². The first-order chi connectivity index (χ1) is 12.3. The molecule has 3 aromatic rings. The van der Waals surface area contributed by atoms with E-state index in [0.717, 1.165) is 12.1 Å². The minimum atomic E-state index is -3.93. The van der Waals surface area contributed by atoms with Crippen LogP contribution in [-0.4, -0.2) is 18.6 Å². The highest BCUT2D eigenvalue weighted by Crippen LogP contribution is 2.25. The molecule has 2 N–H and O–H groups in total. The highest BCUT2D eigenvalue weighted by Gasteiger charge is 2.24. The van der Waals surface area contributed by atoms with Crippen LogP contribution in [0, 0.1) is 25.5 Å².